The Morgan fingerprint density at radius 1 is 1.14 bits per heavy atom. The van der Waals surface area contributed by atoms with Gasteiger partial charge in [0, 0.05) is 34.6 Å². The summed E-state index contributed by atoms with van der Waals surface area (Å²) < 4.78 is 18.6. The average Bonchev–Trinajstić information content (AvgIpc) is 3.38. The molecule has 142 valence electrons. The van der Waals surface area contributed by atoms with Gasteiger partial charge < -0.3 is 14.6 Å². The first-order chi connectivity index (χ1) is 13.6. The van der Waals surface area contributed by atoms with Crippen LogP contribution in [0.25, 0.3) is 10.9 Å². The molecule has 4 nitrogen and oxygen atoms in total. The number of likely N-dealkylation sites (N-methyl/N-ethyl adjacent to an activating group) is 1. The maximum absolute atomic E-state index is 13.0. The summed E-state index contributed by atoms with van der Waals surface area (Å²) in [5.74, 6) is -0.0381. The van der Waals surface area contributed by atoms with Crippen LogP contribution in [0.2, 0.25) is 0 Å². The van der Waals surface area contributed by atoms with Gasteiger partial charge in [-0.05, 0) is 41.8 Å². The SMILES string of the molecule is CN(C(=O)COc1ccc(F)cc1)C(c1cccs1)c1c[nH]c2ccccc12. The van der Waals surface area contributed by atoms with Gasteiger partial charge in [-0.2, -0.15) is 0 Å². The van der Waals surface area contributed by atoms with Gasteiger partial charge in [0.05, 0.1) is 6.04 Å². The smallest absolute Gasteiger partial charge is 0.261 e. The van der Waals surface area contributed by atoms with Gasteiger partial charge in [-0.3, -0.25) is 4.79 Å². The number of carbonyl (C=O) groups excluding carboxylic acids is 1. The molecule has 4 rings (SSSR count). The first-order valence-corrected chi connectivity index (χ1v) is 9.75. The number of thiophene rings is 1. The summed E-state index contributed by atoms with van der Waals surface area (Å²) >= 11 is 1.61. The number of aromatic nitrogens is 1. The van der Waals surface area contributed by atoms with Crippen molar-refractivity contribution in [3.05, 3.63) is 88.5 Å². The second-order valence-corrected chi connectivity index (χ2v) is 7.43. The first-order valence-electron chi connectivity index (χ1n) is 8.87. The molecular formula is C22H19FN2O2S. The van der Waals surface area contributed by atoms with Crippen molar-refractivity contribution in [2.75, 3.05) is 13.7 Å². The molecule has 1 unspecified atom stereocenters. The highest BCUT2D eigenvalue weighted by Crippen LogP contribution is 2.35. The number of benzene rings is 2. The Kier molecular flexibility index (Phi) is 5.12. The fourth-order valence-corrected chi connectivity index (χ4v) is 4.13. The number of hydrogen-bond acceptors (Lipinski definition) is 3. The number of halogens is 1. The third-order valence-electron chi connectivity index (χ3n) is 4.69. The van der Waals surface area contributed by atoms with Gasteiger partial charge in [-0.1, -0.05) is 24.3 Å². The van der Waals surface area contributed by atoms with Gasteiger partial charge in [0.15, 0.2) is 6.61 Å². The summed E-state index contributed by atoms with van der Waals surface area (Å²) in [6.45, 7) is -0.119. The molecule has 0 fully saturated rings. The van der Waals surface area contributed by atoms with Gasteiger partial charge in [0.1, 0.15) is 11.6 Å². The van der Waals surface area contributed by atoms with Crippen molar-refractivity contribution in [1.29, 1.82) is 0 Å². The van der Waals surface area contributed by atoms with E-state index in [1.165, 1.54) is 24.3 Å². The Bertz CT molecular complexity index is 1070. The van der Waals surface area contributed by atoms with E-state index in [-0.39, 0.29) is 24.4 Å². The van der Waals surface area contributed by atoms with Crippen LogP contribution < -0.4 is 4.74 Å². The molecular weight excluding hydrogens is 375 g/mol. The maximum atomic E-state index is 13.0. The van der Waals surface area contributed by atoms with Crippen molar-refractivity contribution in [2.24, 2.45) is 0 Å². The lowest BCUT2D eigenvalue weighted by Crippen LogP contribution is -2.35. The average molecular weight is 394 g/mol. The molecule has 0 saturated heterocycles. The van der Waals surface area contributed by atoms with E-state index in [0.717, 1.165) is 21.3 Å². The molecule has 0 aliphatic rings. The van der Waals surface area contributed by atoms with Gasteiger partial charge in [0.25, 0.3) is 5.91 Å². The van der Waals surface area contributed by atoms with Crippen LogP contribution in [-0.4, -0.2) is 29.4 Å². The van der Waals surface area contributed by atoms with Gasteiger partial charge in [-0.15, -0.1) is 11.3 Å². The molecule has 2 heterocycles. The molecule has 1 amide bonds. The van der Waals surface area contributed by atoms with Gasteiger partial charge in [-0.25, -0.2) is 4.39 Å². The van der Waals surface area contributed by atoms with Crippen molar-refractivity contribution in [3.63, 3.8) is 0 Å². The highest BCUT2D eigenvalue weighted by molar-refractivity contribution is 7.10. The second-order valence-electron chi connectivity index (χ2n) is 6.45. The minimum atomic E-state index is -0.340. The molecule has 28 heavy (non-hydrogen) atoms. The molecule has 6 heteroatoms. The second kappa shape index (κ2) is 7.86. The third kappa shape index (κ3) is 3.64. The van der Waals surface area contributed by atoms with E-state index in [2.05, 4.69) is 11.1 Å². The summed E-state index contributed by atoms with van der Waals surface area (Å²) in [5, 5.41) is 3.09. The van der Waals surface area contributed by atoms with Gasteiger partial charge in [0.2, 0.25) is 0 Å². The van der Waals surface area contributed by atoms with Crippen LogP contribution in [0.5, 0.6) is 5.75 Å². The Hall–Kier alpha value is -3.12. The Balaban J connectivity index is 1.59. The quantitative estimate of drug-likeness (QED) is 0.500. The number of amides is 1. The van der Waals surface area contributed by atoms with Gasteiger partial charge >= 0.3 is 0 Å². The Labute approximate surface area is 166 Å². The van der Waals surface area contributed by atoms with E-state index in [4.69, 9.17) is 4.74 Å². The fourth-order valence-electron chi connectivity index (χ4n) is 3.24. The summed E-state index contributed by atoms with van der Waals surface area (Å²) in [6, 6.07) is 17.5. The summed E-state index contributed by atoms with van der Waals surface area (Å²) in [5.41, 5.74) is 2.07. The number of nitrogens with zero attached hydrogens (tertiary/aromatic N) is 1. The predicted molar refractivity (Wildman–Crippen MR) is 109 cm³/mol. The number of aromatic amines is 1. The zero-order valence-electron chi connectivity index (χ0n) is 15.3. The molecule has 0 aliphatic heterocycles. The van der Waals surface area contributed by atoms with Crippen LogP contribution in [0.4, 0.5) is 4.39 Å². The standard InChI is InChI=1S/C22H19FN2O2S/c1-25(21(26)14-27-16-10-8-15(23)9-11-16)22(20-7-4-12-28-20)18-13-24-19-6-3-2-5-17(18)19/h2-13,22,24H,14H2,1H3. The molecule has 0 bridgehead atoms. The Morgan fingerprint density at radius 3 is 2.68 bits per heavy atom. The largest absolute Gasteiger partial charge is 0.484 e. The molecule has 0 aliphatic carbocycles. The van der Waals surface area contributed by atoms with Crippen molar-refractivity contribution >= 4 is 28.1 Å². The highest BCUT2D eigenvalue weighted by Gasteiger charge is 2.27. The summed E-state index contributed by atoms with van der Waals surface area (Å²) in [7, 11) is 1.78. The molecule has 1 N–H and O–H groups in total. The summed E-state index contributed by atoms with van der Waals surface area (Å²) in [4.78, 5) is 18.9. The number of para-hydroxylation sites is 1. The lowest BCUT2D eigenvalue weighted by atomic mass is 10.0. The molecule has 0 radical (unpaired) electrons. The predicted octanol–water partition coefficient (Wildman–Crippen LogP) is 5.00. The maximum Gasteiger partial charge on any atom is 0.261 e. The first kappa shape index (κ1) is 18.3. The van der Waals surface area contributed by atoms with Crippen molar-refractivity contribution < 1.29 is 13.9 Å². The number of ether oxygens (including phenoxy) is 1. The third-order valence-corrected chi connectivity index (χ3v) is 5.61. The monoisotopic (exact) mass is 394 g/mol. The number of carbonyl (C=O) groups is 1. The number of H-pyrrole nitrogens is 1. The van der Waals surface area contributed by atoms with E-state index in [1.807, 2.05) is 41.9 Å². The lowest BCUT2D eigenvalue weighted by Gasteiger charge is -2.27. The Morgan fingerprint density at radius 2 is 1.93 bits per heavy atom. The number of rotatable bonds is 6. The van der Waals surface area contributed by atoms with Crippen LogP contribution in [-0.2, 0) is 4.79 Å². The van der Waals surface area contributed by atoms with Crippen LogP contribution in [0.3, 0.4) is 0 Å². The number of fused-ring (bicyclic) bond motifs is 1. The molecule has 1 atom stereocenters. The van der Waals surface area contributed by atoms with Crippen molar-refractivity contribution in [1.82, 2.24) is 9.88 Å². The van der Waals surface area contributed by atoms with Crippen molar-refractivity contribution in [2.45, 2.75) is 6.04 Å². The number of nitrogens with one attached hydrogen (secondary N) is 1. The normalized spacial score (nSPS) is 12.1. The van der Waals surface area contributed by atoms with Crippen LogP contribution >= 0.6 is 11.3 Å². The molecule has 2 aromatic heterocycles. The minimum absolute atomic E-state index is 0.119. The topological polar surface area (TPSA) is 45.3 Å². The van der Waals surface area contributed by atoms with Crippen molar-refractivity contribution in [3.8, 4) is 5.75 Å². The molecule has 0 spiro atoms. The molecule has 0 saturated carbocycles. The van der Waals surface area contributed by atoms with E-state index in [1.54, 1.807) is 23.3 Å². The lowest BCUT2D eigenvalue weighted by molar-refractivity contribution is -0.133. The van der Waals surface area contributed by atoms with E-state index < -0.39 is 0 Å². The minimum Gasteiger partial charge on any atom is -0.484 e. The van der Waals surface area contributed by atoms with E-state index in [0.29, 0.717) is 5.75 Å². The van der Waals surface area contributed by atoms with E-state index >= 15 is 0 Å². The van der Waals surface area contributed by atoms with Crippen LogP contribution in [0.1, 0.15) is 16.5 Å². The molecule has 2 aromatic carbocycles. The fraction of sp³-hybridized carbons (Fsp3) is 0.136. The highest BCUT2D eigenvalue weighted by atomic mass is 32.1. The summed E-state index contributed by atoms with van der Waals surface area (Å²) in [6.07, 6.45) is 1.96. The zero-order chi connectivity index (χ0) is 19.5. The van der Waals surface area contributed by atoms with Crippen LogP contribution in [0, 0.1) is 5.82 Å². The number of hydrogen-bond donors (Lipinski definition) is 1. The zero-order valence-corrected chi connectivity index (χ0v) is 16.1. The molecule has 4 aromatic rings. The van der Waals surface area contributed by atoms with Crippen LogP contribution in [0.15, 0.2) is 72.2 Å². The van der Waals surface area contributed by atoms with E-state index in [9.17, 15) is 9.18 Å².